The smallest absolute Gasteiger partial charge is 0.232 e. The first kappa shape index (κ1) is 30.4. The van der Waals surface area contributed by atoms with Gasteiger partial charge in [0.15, 0.2) is 11.5 Å². The van der Waals surface area contributed by atoms with Gasteiger partial charge in [0.2, 0.25) is 11.8 Å². The minimum atomic E-state index is -0.383. The molecule has 7 heteroatoms. The van der Waals surface area contributed by atoms with E-state index in [1.807, 2.05) is 84.3 Å². The summed E-state index contributed by atoms with van der Waals surface area (Å²) >= 11 is 6.25. The van der Waals surface area contributed by atoms with Crippen LogP contribution in [0.1, 0.15) is 82.3 Å². The van der Waals surface area contributed by atoms with Crippen molar-refractivity contribution < 1.29 is 19.1 Å². The lowest BCUT2D eigenvalue weighted by Crippen LogP contribution is -2.41. The highest BCUT2D eigenvalue weighted by Gasteiger charge is 2.36. The van der Waals surface area contributed by atoms with Gasteiger partial charge in [-0.05, 0) is 84.8 Å². The Morgan fingerprint density at radius 2 is 1.68 bits per heavy atom. The normalized spacial score (nSPS) is 16.3. The first-order valence-electron chi connectivity index (χ1n) is 14.4. The summed E-state index contributed by atoms with van der Waals surface area (Å²) in [5.41, 5.74) is 4.65. The summed E-state index contributed by atoms with van der Waals surface area (Å²) in [4.78, 5) is 30.0. The van der Waals surface area contributed by atoms with E-state index in [2.05, 4.69) is 20.8 Å². The first-order chi connectivity index (χ1) is 19.5. The van der Waals surface area contributed by atoms with E-state index in [0.29, 0.717) is 29.0 Å². The minimum absolute atomic E-state index is 0.0112. The van der Waals surface area contributed by atoms with Crippen LogP contribution < -0.4 is 14.4 Å². The highest BCUT2D eigenvalue weighted by atomic mass is 35.5. The Hall–Kier alpha value is -3.51. The van der Waals surface area contributed by atoms with Crippen LogP contribution in [0.4, 0.5) is 5.69 Å². The molecule has 41 heavy (non-hydrogen) atoms. The largest absolute Gasteiger partial charge is 0.493 e. The Labute approximate surface area is 249 Å². The van der Waals surface area contributed by atoms with Gasteiger partial charge in [0.1, 0.15) is 0 Å². The average Bonchev–Trinajstić information content (AvgIpc) is 2.95. The molecule has 3 aromatic rings. The fourth-order valence-electron chi connectivity index (χ4n) is 5.42. The highest BCUT2D eigenvalue weighted by Crippen LogP contribution is 2.44. The second-order valence-corrected chi connectivity index (χ2v) is 11.7. The van der Waals surface area contributed by atoms with Crippen molar-refractivity contribution in [2.24, 2.45) is 5.92 Å². The van der Waals surface area contributed by atoms with Gasteiger partial charge in [0, 0.05) is 24.2 Å². The van der Waals surface area contributed by atoms with Crippen LogP contribution in [0.2, 0.25) is 5.02 Å². The van der Waals surface area contributed by atoms with Gasteiger partial charge in [0.25, 0.3) is 0 Å². The zero-order valence-corrected chi connectivity index (χ0v) is 25.9. The molecule has 0 saturated carbocycles. The molecule has 6 nitrogen and oxygen atoms in total. The lowest BCUT2D eigenvalue weighted by atomic mass is 9.86. The molecule has 1 aliphatic rings. The van der Waals surface area contributed by atoms with Crippen LogP contribution in [0.25, 0.3) is 0 Å². The molecule has 3 unspecified atom stereocenters. The number of hydrogen-bond acceptors (Lipinski definition) is 4. The third-order valence-corrected chi connectivity index (χ3v) is 8.02. The number of methoxy groups -OCH3 is 1. The van der Waals surface area contributed by atoms with E-state index >= 15 is 0 Å². The number of amides is 2. The molecule has 4 rings (SSSR count). The summed E-state index contributed by atoms with van der Waals surface area (Å²) in [7, 11) is 1.62. The van der Waals surface area contributed by atoms with Gasteiger partial charge in [-0.15, -0.1) is 0 Å². The van der Waals surface area contributed by atoms with E-state index in [4.69, 9.17) is 21.1 Å². The van der Waals surface area contributed by atoms with Crippen LogP contribution in [0.3, 0.4) is 0 Å². The standard InChI is InChI=1S/C34H41ClN2O4/c1-8-22(4)41-32-19-30-27(17-31(32)40-7)18-33(39)37(34(30)26-9-13-28(35)14-10-26)29-15-11-25(12-16-29)23(5)36(24(6)38)20-21(2)3/h9-17,19,21-23,34H,8,18,20H2,1-7H3. The van der Waals surface area contributed by atoms with Crippen molar-refractivity contribution in [1.82, 2.24) is 4.90 Å². The quantitative estimate of drug-likeness (QED) is 0.247. The molecule has 1 aliphatic heterocycles. The zero-order valence-electron chi connectivity index (χ0n) is 25.1. The molecule has 3 aromatic carbocycles. The van der Waals surface area contributed by atoms with Gasteiger partial charge in [-0.25, -0.2) is 0 Å². The highest BCUT2D eigenvalue weighted by molar-refractivity contribution is 6.30. The number of ether oxygens (including phenoxy) is 2. The monoisotopic (exact) mass is 576 g/mol. The lowest BCUT2D eigenvalue weighted by molar-refractivity contribution is -0.131. The SMILES string of the molecule is CCC(C)Oc1cc2c(cc1OC)CC(=O)N(c1ccc(C(C)N(CC(C)C)C(C)=O)cc1)C2c1ccc(Cl)cc1. The van der Waals surface area contributed by atoms with Crippen molar-refractivity contribution in [3.05, 3.63) is 87.9 Å². The number of carbonyl (C=O) groups is 2. The van der Waals surface area contributed by atoms with Crippen molar-refractivity contribution in [2.75, 3.05) is 18.6 Å². The molecular formula is C34H41ClN2O4. The number of benzene rings is 3. The summed E-state index contributed by atoms with van der Waals surface area (Å²) in [6, 6.07) is 19.1. The van der Waals surface area contributed by atoms with Crippen molar-refractivity contribution >= 4 is 29.1 Å². The Bertz CT molecular complexity index is 1370. The number of hydrogen-bond donors (Lipinski definition) is 0. The maximum atomic E-state index is 13.8. The number of nitrogens with zero attached hydrogens (tertiary/aromatic N) is 2. The number of halogens is 1. The number of rotatable bonds is 10. The average molecular weight is 577 g/mol. The molecule has 0 aliphatic carbocycles. The van der Waals surface area contributed by atoms with Gasteiger partial charge >= 0.3 is 0 Å². The van der Waals surface area contributed by atoms with Gasteiger partial charge in [0.05, 0.1) is 31.7 Å². The molecule has 0 radical (unpaired) electrons. The number of fused-ring (bicyclic) bond motifs is 1. The molecule has 0 spiro atoms. The van der Waals surface area contributed by atoms with Crippen LogP contribution >= 0.6 is 11.6 Å². The Balaban J connectivity index is 1.79. The third-order valence-electron chi connectivity index (χ3n) is 7.76. The summed E-state index contributed by atoms with van der Waals surface area (Å²) in [5, 5.41) is 0.632. The van der Waals surface area contributed by atoms with Crippen molar-refractivity contribution in [3.63, 3.8) is 0 Å². The summed E-state index contributed by atoms with van der Waals surface area (Å²) in [6.07, 6.45) is 1.11. The molecular weight excluding hydrogens is 536 g/mol. The molecule has 0 fully saturated rings. The zero-order chi connectivity index (χ0) is 29.8. The van der Waals surface area contributed by atoms with Crippen molar-refractivity contribution in [3.8, 4) is 11.5 Å². The van der Waals surface area contributed by atoms with E-state index in [-0.39, 0.29) is 36.4 Å². The van der Waals surface area contributed by atoms with Crippen molar-refractivity contribution in [2.45, 2.75) is 72.6 Å². The van der Waals surface area contributed by atoms with Crippen LogP contribution in [-0.2, 0) is 16.0 Å². The van der Waals surface area contributed by atoms with Crippen LogP contribution in [-0.4, -0.2) is 36.5 Å². The Morgan fingerprint density at radius 1 is 1.02 bits per heavy atom. The number of anilines is 1. The summed E-state index contributed by atoms with van der Waals surface area (Å²) in [5.74, 6) is 1.68. The predicted octanol–water partition coefficient (Wildman–Crippen LogP) is 7.77. The third kappa shape index (κ3) is 6.70. The fraction of sp³-hybridized carbons (Fsp3) is 0.412. The van der Waals surface area contributed by atoms with Gasteiger partial charge in [-0.3, -0.25) is 9.59 Å². The lowest BCUT2D eigenvalue weighted by Gasteiger charge is -2.38. The second-order valence-electron chi connectivity index (χ2n) is 11.3. The van der Waals surface area contributed by atoms with E-state index in [0.717, 1.165) is 34.4 Å². The topological polar surface area (TPSA) is 59.1 Å². The maximum absolute atomic E-state index is 13.8. The molecule has 218 valence electrons. The van der Waals surface area contributed by atoms with Gasteiger partial charge in [-0.1, -0.05) is 56.6 Å². The summed E-state index contributed by atoms with van der Waals surface area (Å²) in [6.45, 7) is 12.7. The maximum Gasteiger partial charge on any atom is 0.232 e. The second kappa shape index (κ2) is 13.0. The molecule has 0 saturated heterocycles. The Morgan fingerprint density at radius 3 is 2.24 bits per heavy atom. The molecule has 0 aromatic heterocycles. The number of carbonyl (C=O) groups excluding carboxylic acids is 2. The van der Waals surface area contributed by atoms with E-state index in [9.17, 15) is 9.59 Å². The van der Waals surface area contributed by atoms with Crippen LogP contribution in [0.15, 0.2) is 60.7 Å². The predicted molar refractivity (Wildman–Crippen MR) is 165 cm³/mol. The molecule has 0 N–H and O–H groups in total. The molecule has 1 heterocycles. The van der Waals surface area contributed by atoms with Gasteiger partial charge < -0.3 is 19.3 Å². The Kier molecular flexibility index (Phi) is 9.64. The van der Waals surface area contributed by atoms with Crippen LogP contribution in [0.5, 0.6) is 11.5 Å². The van der Waals surface area contributed by atoms with E-state index < -0.39 is 0 Å². The first-order valence-corrected chi connectivity index (χ1v) is 14.7. The minimum Gasteiger partial charge on any atom is -0.493 e. The molecule has 2 amide bonds. The molecule has 3 atom stereocenters. The van der Waals surface area contributed by atoms with Crippen LogP contribution in [0, 0.1) is 5.92 Å². The fourth-order valence-corrected chi connectivity index (χ4v) is 5.55. The summed E-state index contributed by atoms with van der Waals surface area (Å²) < 4.78 is 11.9. The van der Waals surface area contributed by atoms with Gasteiger partial charge in [-0.2, -0.15) is 0 Å². The molecule has 0 bridgehead atoms. The van der Waals surface area contributed by atoms with E-state index in [1.165, 1.54) is 0 Å². The van der Waals surface area contributed by atoms with E-state index in [1.54, 1.807) is 14.0 Å². The van der Waals surface area contributed by atoms with Crippen molar-refractivity contribution in [1.29, 1.82) is 0 Å².